The lowest BCUT2D eigenvalue weighted by Crippen LogP contribution is -2.13. The lowest BCUT2D eigenvalue weighted by molar-refractivity contribution is -0.137. The molecule has 3 nitrogen and oxygen atoms in total. The largest absolute Gasteiger partial charge is 0.481 e. The van der Waals surface area contributed by atoms with Gasteiger partial charge >= 0.3 is 5.97 Å². The van der Waals surface area contributed by atoms with Crippen LogP contribution in [0.15, 0.2) is 42.2 Å². The highest BCUT2D eigenvalue weighted by molar-refractivity contribution is 5.94. The molecule has 0 fully saturated rings. The minimum atomic E-state index is -0.743. The maximum absolute atomic E-state index is 11.8. The monoisotopic (exact) mass is 288 g/mol. The normalized spacial score (nSPS) is 20.7. The second-order valence-corrected chi connectivity index (χ2v) is 5.24. The van der Waals surface area contributed by atoms with Crippen molar-refractivity contribution in [2.45, 2.75) is 45.4 Å². The van der Waals surface area contributed by atoms with E-state index in [1.165, 1.54) is 0 Å². The van der Waals surface area contributed by atoms with E-state index in [-0.39, 0.29) is 24.0 Å². The maximum Gasteiger partial charge on any atom is 0.303 e. The van der Waals surface area contributed by atoms with Gasteiger partial charge in [0.05, 0.1) is 0 Å². The zero-order chi connectivity index (χ0) is 15.5. The Morgan fingerprint density at radius 3 is 2.90 bits per heavy atom. The van der Waals surface area contributed by atoms with E-state index in [9.17, 15) is 9.59 Å². The third-order valence-corrected chi connectivity index (χ3v) is 3.50. The third kappa shape index (κ3) is 6.92. The number of hydrogen-bond acceptors (Lipinski definition) is 2. The van der Waals surface area contributed by atoms with Crippen LogP contribution in [0.25, 0.3) is 0 Å². The molecule has 0 bridgehead atoms. The van der Waals surface area contributed by atoms with Gasteiger partial charge in [0.15, 0.2) is 5.78 Å². The van der Waals surface area contributed by atoms with Crippen LogP contribution in [-0.2, 0) is 9.59 Å². The van der Waals surface area contributed by atoms with Gasteiger partial charge in [0.25, 0.3) is 0 Å². The Balaban J connectivity index is 2.38. The van der Waals surface area contributed by atoms with Crippen molar-refractivity contribution in [3.05, 3.63) is 42.2 Å². The number of allylic oxidation sites excluding steroid dienone is 5. The van der Waals surface area contributed by atoms with E-state index in [0.717, 1.165) is 25.7 Å². The lowest BCUT2D eigenvalue weighted by Gasteiger charge is -2.11. The van der Waals surface area contributed by atoms with Gasteiger partial charge < -0.3 is 5.11 Å². The topological polar surface area (TPSA) is 54.4 Å². The van der Waals surface area contributed by atoms with Gasteiger partial charge in [-0.3, -0.25) is 9.59 Å². The summed E-state index contributed by atoms with van der Waals surface area (Å²) in [5.41, 5.74) is 3.13. The molecule has 1 aliphatic rings. The predicted molar refractivity (Wildman–Crippen MR) is 83.9 cm³/mol. The van der Waals surface area contributed by atoms with Crippen LogP contribution in [0.2, 0.25) is 0 Å². The SMILES string of the molecule is CCC=CCC1C(=O)C=CC1C=C=CCCCCC(=O)O. The number of carboxylic acid groups (broad SMARTS) is 1. The summed E-state index contributed by atoms with van der Waals surface area (Å²) >= 11 is 0. The maximum atomic E-state index is 11.8. The molecule has 3 heteroatoms. The highest BCUT2D eigenvalue weighted by Crippen LogP contribution is 2.26. The molecule has 0 saturated carbocycles. The van der Waals surface area contributed by atoms with Gasteiger partial charge in [-0.2, -0.15) is 0 Å². The standard InChI is InChI=1S/C18H24O3/c1-2-3-7-11-16-15(13-14-17(16)19)10-8-5-4-6-9-12-18(20)21/h3,5,7,10,13-16H,2,4,6,9,11-12H2,1H3,(H,20,21). The van der Waals surface area contributed by atoms with Gasteiger partial charge in [-0.25, -0.2) is 0 Å². The number of aliphatic carboxylic acids is 1. The Kier molecular flexibility index (Phi) is 8.15. The average Bonchev–Trinajstić information content (AvgIpc) is 2.79. The Hall–Kier alpha value is -1.86. The number of carboxylic acids is 1. The Morgan fingerprint density at radius 2 is 2.19 bits per heavy atom. The first-order chi connectivity index (χ1) is 10.1. The number of carbonyl (C=O) groups excluding carboxylic acids is 1. The van der Waals surface area contributed by atoms with Crippen LogP contribution in [0.1, 0.15) is 45.4 Å². The van der Waals surface area contributed by atoms with Crippen LogP contribution in [0.5, 0.6) is 0 Å². The highest BCUT2D eigenvalue weighted by atomic mass is 16.4. The van der Waals surface area contributed by atoms with Crippen LogP contribution in [-0.4, -0.2) is 16.9 Å². The van der Waals surface area contributed by atoms with Crippen LogP contribution in [0.3, 0.4) is 0 Å². The summed E-state index contributed by atoms with van der Waals surface area (Å²) in [7, 11) is 0. The lowest BCUT2D eigenvalue weighted by atomic mass is 9.91. The first kappa shape index (κ1) is 17.2. The van der Waals surface area contributed by atoms with Crippen molar-refractivity contribution < 1.29 is 14.7 Å². The molecule has 1 rings (SSSR count). The molecule has 0 aromatic carbocycles. The van der Waals surface area contributed by atoms with E-state index in [4.69, 9.17) is 5.11 Å². The second kappa shape index (κ2) is 9.95. The first-order valence-corrected chi connectivity index (χ1v) is 7.65. The third-order valence-electron chi connectivity index (χ3n) is 3.50. The predicted octanol–water partition coefficient (Wildman–Crippen LogP) is 4.07. The summed E-state index contributed by atoms with van der Waals surface area (Å²) < 4.78 is 0. The van der Waals surface area contributed by atoms with Gasteiger partial charge in [0.1, 0.15) is 0 Å². The molecule has 21 heavy (non-hydrogen) atoms. The van der Waals surface area contributed by atoms with Gasteiger partial charge in [-0.1, -0.05) is 25.2 Å². The van der Waals surface area contributed by atoms with Crippen molar-refractivity contribution in [3.63, 3.8) is 0 Å². The van der Waals surface area contributed by atoms with Crippen LogP contribution >= 0.6 is 0 Å². The summed E-state index contributed by atoms with van der Waals surface area (Å²) in [4.78, 5) is 22.1. The summed E-state index contributed by atoms with van der Waals surface area (Å²) in [6.07, 6.45) is 16.0. The molecule has 0 aromatic heterocycles. The molecule has 114 valence electrons. The average molecular weight is 288 g/mol. The number of hydrogen-bond donors (Lipinski definition) is 1. The molecule has 0 saturated heterocycles. The molecular formula is C18H24O3. The van der Waals surface area contributed by atoms with E-state index in [0.29, 0.717) is 6.42 Å². The zero-order valence-corrected chi connectivity index (χ0v) is 12.6. The quantitative estimate of drug-likeness (QED) is 0.395. The molecular weight excluding hydrogens is 264 g/mol. The van der Waals surface area contributed by atoms with E-state index in [1.54, 1.807) is 6.08 Å². The van der Waals surface area contributed by atoms with Crippen molar-refractivity contribution in [3.8, 4) is 0 Å². The minimum Gasteiger partial charge on any atom is -0.481 e. The van der Waals surface area contributed by atoms with Crippen molar-refractivity contribution in [2.75, 3.05) is 0 Å². The van der Waals surface area contributed by atoms with E-state index in [2.05, 4.69) is 24.8 Å². The molecule has 2 atom stereocenters. The fourth-order valence-corrected chi connectivity index (χ4v) is 2.29. The minimum absolute atomic E-state index is 0.0145. The molecule has 0 spiro atoms. The van der Waals surface area contributed by atoms with Crippen molar-refractivity contribution in [1.82, 2.24) is 0 Å². The summed E-state index contributed by atoms with van der Waals surface area (Å²) in [5.74, 6) is -0.401. The van der Waals surface area contributed by atoms with Gasteiger partial charge in [0.2, 0.25) is 0 Å². The number of ketones is 1. The number of carbonyl (C=O) groups is 2. The molecule has 1 aliphatic carbocycles. The molecule has 0 radical (unpaired) electrons. The molecule has 1 N–H and O–H groups in total. The summed E-state index contributed by atoms with van der Waals surface area (Å²) in [6.45, 7) is 2.08. The summed E-state index contributed by atoms with van der Waals surface area (Å²) in [6, 6.07) is 0. The Labute approximate surface area is 126 Å². The number of unbranched alkanes of at least 4 members (excludes halogenated alkanes) is 2. The molecule has 0 heterocycles. The zero-order valence-electron chi connectivity index (χ0n) is 12.6. The van der Waals surface area contributed by atoms with Crippen molar-refractivity contribution in [2.24, 2.45) is 11.8 Å². The summed E-state index contributed by atoms with van der Waals surface area (Å²) in [5, 5.41) is 8.53. The van der Waals surface area contributed by atoms with E-state index in [1.807, 2.05) is 18.2 Å². The van der Waals surface area contributed by atoms with E-state index >= 15 is 0 Å². The van der Waals surface area contributed by atoms with Gasteiger partial charge in [0, 0.05) is 18.3 Å². The Morgan fingerprint density at radius 1 is 1.38 bits per heavy atom. The van der Waals surface area contributed by atoms with E-state index < -0.39 is 5.97 Å². The van der Waals surface area contributed by atoms with Crippen molar-refractivity contribution in [1.29, 1.82) is 0 Å². The fourth-order valence-electron chi connectivity index (χ4n) is 2.29. The smallest absolute Gasteiger partial charge is 0.303 e. The van der Waals surface area contributed by atoms with Gasteiger partial charge in [-0.05, 0) is 50.3 Å². The van der Waals surface area contributed by atoms with Crippen LogP contribution in [0, 0.1) is 11.8 Å². The van der Waals surface area contributed by atoms with Crippen LogP contribution < -0.4 is 0 Å². The number of rotatable bonds is 9. The second-order valence-electron chi connectivity index (χ2n) is 5.24. The molecule has 0 aromatic rings. The molecule has 0 amide bonds. The van der Waals surface area contributed by atoms with Gasteiger partial charge in [-0.15, -0.1) is 5.73 Å². The Bertz CT molecular complexity index is 465. The highest BCUT2D eigenvalue weighted by Gasteiger charge is 2.26. The van der Waals surface area contributed by atoms with Crippen LogP contribution in [0.4, 0.5) is 0 Å². The first-order valence-electron chi connectivity index (χ1n) is 7.65. The van der Waals surface area contributed by atoms with Crippen molar-refractivity contribution >= 4 is 11.8 Å². The fraction of sp³-hybridized carbons (Fsp3) is 0.500. The molecule has 2 unspecified atom stereocenters. The molecule has 0 aliphatic heterocycles.